The lowest BCUT2D eigenvalue weighted by atomic mass is 10.0. The summed E-state index contributed by atoms with van der Waals surface area (Å²) in [4.78, 5) is 26.7. The number of hydrogen-bond acceptors (Lipinski definition) is 3. The van der Waals surface area contributed by atoms with Gasteiger partial charge in [0.25, 0.3) is 0 Å². The lowest BCUT2D eigenvalue weighted by Gasteiger charge is -2.06. The number of nitrogens with zero attached hydrogens (tertiary/aromatic N) is 1. The maximum atomic E-state index is 11.3. The number of carbonyl (C=O) groups is 2. The third-order valence-corrected chi connectivity index (χ3v) is 3.53. The normalized spacial score (nSPS) is 10.8. The highest BCUT2D eigenvalue weighted by Crippen LogP contribution is 2.25. The monoisotopic (exact) mass is 317 g/mol. The number of carboxylic acids is 2. The molecule has 5 nitrogen and oxygen atoms in total. The van der Waals surface area contributed by atoms with Crippen LogP contribution in [0.5, 0.6) is 0 Å². The Balaban J connectivity index is 2.52. The number of hydrogen-bond donors (Lipinski definition) is 2. The van der Waals surface area contributed by atoms with Gasteiger partial charge in [-0.3, -0.25) is 4.99 Å². The van der Waals surface area contributed by atoms with E-state index in [1.807, 2.05) is 0 Å². The first-order chi connectivity index (χ1) is 10.4. The van der Waals surface area contributed by atoms with Crippen molar-refractivity contribution in [2.75, 3.05) is 0 Å². The van der Waals surface area contributed by atoms with Gasteiger partial charge in [-0.1, -0.05) is 29.8 Å². The topological polar surface area (TPSA) is 87.0 Å². The molecule has 2 aromatic rings. The zero-order valence-corrected chi connectivity index (χ0v) is 12.3. The second kappa shape index (κ2) is 6.41. The smallest absolute Gasteiger partial charge is 0.337 e. The molecular formula is C16H12ClNO4. The highest BCUT2D eigenvalue weighted by Gasteiger charge is 2.18. The van der Waals surface area contributed by atoms with Gasteiger partial charge in [0, 0.05) is 16.8 Å². The first kappa shape index (κ1) is 15.7. The van der Waals surface area contributed by atoms with Crippen LogP contribution in [-0.4, -0.2) is 28.4 Å². The van der Waals surface area contributed by atoms with Crippen molar-refractivity contribution in [2.45, 2.75) is 6.92 Å². The second-order valence-corrected chi connectivity index (χ2v) is 4.93. The largest absolute Gasteiger partial charge is 0.478 e. The maximum Gasteiger partial charge on any atom is 0.337 e. The van der Waals surface area contributed by atoms with E-state index in [0.717, 1.165) is 5.56 Å². The van der Waals surface area contributed by atoms with Gasteiger partial charge >= 0.3 is 11.9 Å². The van der Waals surface area contributed by atoms with E-state index < -0.39 is 11.9 Å². The molecule has 0 aliphatic heterocycles. The minimum absolute atomic E-state index is 0.215. The molecule has 0 aromatic heterocycles. The first-order valence-electron chi connectivity index (χ1n) is 6.30. The molecule has 0 radical (unpaired) electrons. The summed E-state index contributed by atoms with van der Waals surface area (Å²) in [5.41, 5.74) is 0.987. The zero-order valence-electron chi connectivity index (χ0n) is 11.6. The van der Waals surface area contributed by atoms with Crippen molar-refractivity contribution in [3.05, 3.63) is 63.7 Å². The molecule has 22 heavy (non-hydrogen) atoms. The molecule has 2 N–H and O–H groups in total. The van der Waals surface area contributed by atoms with E-state index in [9.17, 15) is 14.7 Å². The van der Waals surface area contributed by atoms with Crippen molar-refractivity contribution >= 4 is 35.4 Å². The van der Waals surface area contributed by atoms with E-state index in [-0.39, 0.29) is 16.7 Å². The molecule has 0 saturated carbocycles. The molecule has 112 valence electrons. The Kier molecular flexibility index (Phi) is 4.58. The molecule has 0 unspecified atom stereocenters. The molecular weight excluding hydrogens is 306 g/mol. The van der Waals surface area contributed by atoms with Gasteiger partial charge in [0.1, 0.15) is 0 Å². The minimum atomic E-state index is -1.32. The Morgan fingerprint density at radius 1 is 1.09 bits per heavy atom. The van der Waals surface area contributed by atoms with Crippen LogP contribution >= 0.6 is 11.6 Å². The van der Waals surface area contributed by atoms with Crippen LogP contribution in [0.2, 0.25) is 5.02 Å². The molecule has 2 rings (SSSR count). The highest BCUT2D eigenvalue weighted by atomic mass is 35.5. The van der Waals surface area contributed by atoms with Crippen molar-refractivity contribution < 1.29 is 19.8 Å². The van der Waals surface area contributed by atoms with Gasteiger partial charge in [0.15, 0.2) is 0 Å². The van der Waals surface area contributed by atoms with Crippen LogP contribution in [0.1, 0.15) is 31.8 Å². The van der Waals surface area contributed by atoms with Crippen molar-refractivity contribution in [3.63, 3.8) is 0 Å². The molecule has 0 fully saturated rings. The predicted octanol–water partition coefficient (Wildman–Crippen LogP) is 3.80. The van der Waals surface area contributed by atoms with E-state index in [4.69, 9.17) is 16.7 Å². The van der Waals surface area contributed by atoms with Crippen LogP contribution in [0.15, 0.2) is 41.4 Å². The van der Waals surface area contributed by atoms with Crippen LogP contribution in [-0.2, 0) is 0 Å². The summed E-state index contributed by atoms with van der Waals surface area (Å²) < 4.78 is 0. The van der Waals surface area contributed by atoms with Gasteiger partial charge < -0.3 is 10.2 Å². The van der Waals surface area contributed by atoms with Crippen LogP contribution in [0.3, 0.4) is 0 Å². The third kappa shape index (κ3) is 3.15. The molecule has 0 spiro atoms. The summed E-state index contributed by atoms with van der Waals surface area (Å²) in [5.74, 6) is -2.62. The quantitative estimate of drug-likeness (QED) is 0.840. The molecule has 0 amide bonds. The van der Waals surface area contributed by atoms with E-state index in [0.29, 0.717) is 10.7 Å². The number of aliphatic imine (C=N–C) groups is 1. The maximum absolute atomic E-state index is 11.3. The Morgan fingerprint density at radius 3 is 2.41 bits per heavy atom. The van der Waals surface area contributed by atoms with Crippen molar-refractivity contribution in [2.24, 2.45) is 4.99 Å². The number of carboxylic acid groups (broad SMARTS) is 2. The Labute approximate surface area is 131 Å². The SMILES string of the molecule is Cc1c(Cl)cccc1/N=C\c1cccc(C(=O)O)c1C(=O)O. The molecule has 0 aliphatic rings. The Hall–Kier alpha value is -2.66. The summed E-state index contributed by atoms with van der Waals surface area (Å²) >= 11 is 6.00. The summed E-state index contributed by atoms with van der Waals surface area (Å²) in [7, 11) is 0. The van der Waals surface area contributed by atoms with Crippen molar-refractivity contribution in [3.8, 4) is 0 Å². The van der Waals surface area contributed by atoms with Gasteiger partial charge in [0.2, 0.25) is 0 Å². The Morgan fingerprint density at radius 2 is 1.77 bits per heavy atom. The molecule has 6 heteroatoms. The van der Waals surface area contributed by atoms with Crippen LogP contribution in [0.25, 0.3) is 0 Å². The second-order valence-electron chi connectivity index (χ2n) is 4.52. The molecule has 2 aromatic carbocycles. The fraction of sp³-hybridized carbons (Fsp3) is 0.0625. The molecule has 0 aliphatic carbocycles. The standard InChI is InChI=1S/C16H12ClNO4/c1-9-12(17)6-3-7-13(9)18-8-10-4-2-5-11(15(19)20)14(10)16(21)22/h2-8H,1H3,(H,19,20)(H,21,22)/b18-8-. The predicted molar refractivity (Wildman–Crippen MR) is 83.8 cm³/mol. The van der Waals surface area contributed by atoms with Crippen LogP contribution in [0.4, 0.5) is 5.69 Å². The van der Waals surface area contributed by atoms with Gasteiger partial charge in [-0.25, -0.2) is 9.59 Å². The summed E-state index contributed by atoms with van der Waals surface area (Å²) in [6.07, 6.45) is 1.33. The lowest BCUT2D eigenvalue weighted by Crippen LogP contribution is -2.11. The van der Waals surface area contributed by atoms with Crippen molar-refractivity contribution in [1.82, 2.24) is 0 Å². The summed E-state index contributed by atoms with van der Waals surface area (Å²) in [6, 6.07) is 9.41. The van der Waals surface area contributed by atoms with Crippen LogP contribution < -0.4 is 0 Å². The Bertz CT molecular complexity index is 784. The molecule has 0 heterocycles. The van der Waals surface area contributed by atoms with Gasteiger partial charge in [-0.15, -0.1) is 0 Å². The third-order valence-electron chi connectivity index (χ3n) is 3.12. The number of aromatic carboxylic acids is 2. The number of benzene rings is 2. The van der Waals surface area contributed by atoms with Gasteiger partial charge in [-0.05, 0) is 30.7 Å². The lowest BCUT2D eigenvalue weighted by molar-refractivity contribution is 0.0651. The molecule has 0 saturated heterocycles. The van der Waals surface area contributed by atoms with E-state index in [2.05, 4.69) is 4.99 Å². The minimum Gasteiger partial charge on any atom is -0.478 e. The van der Waals surface area contributed by atoms with Gasteiger partial charge in [0.05, 0.1) is 16.8 Å². The van der Waals surface area contributed by atoms with E-state index in [1.54, 1.807) is 25.1 Å². The average Bonchev–Trinajstić information content (AvgIpc) is 2.48. The first-order valence-corrected chi connectivity index (χ1v) is 6.68. The average molecular weight is 318 g/mol. The van der Waals surface area contributed by atoms with Crippen LogP contribution in [0, 0.1) is 6.92 Å². The highest BCUT2D eigenvalue weighted by molar-refractivity contribution is 6.31. The summed E-state index contributed by atoms with van der Waals surface area (Å²) in [5, 5.41) is 18.9. The zero-order chi connectivity index (χ0) is 16.3. The van der Waals surface area contributed by atoms with E-state index in [1.165, 1.54) is 24.4 Å². The summed E-state index contributed by atoms with van der Waals surface area (Å²) in [6.45, 7) is 1.79. The molecule has 0 atom stereocenters. The number of rotatable bonds is 4. The number of halogens is 1. The van der Waals surface area contributed by atoms with Crippen molar-refractivity contribution in [1.29, 1.82) is 0 Å². The van der Waals surface area contributed by atoms with Gasteiger partial charge in [-0.2, -0.15) is 0 Å². The fourth-order valence-electron chi connectivity index (χ4n) is 1.97. The molecule has 0 bridgehead atoms. The fourth-order valence-corrected chi connectivity index (χ4v) is 2.14. The van der Waals surface area contributed by atoms with E-state index >= 15 is 0 Å².